The van der Waals surface area contributed by atoms with E-state index in [1.165, 1.54) is 6.42 Å². The molecule has 1 aliphatic carbocycles. The van der Waals surface area contributed by atoms with Crippen LogP contribution in [0.5, 0.6) is 0 Å². The number of carbonyl (C=O) groups is 1. The highest BCUT2D eigenvalue weighted by Crippen LogP contribution is 2.63. The Bertz CT molecular complexity index is 298. The van der Waals surface area contributed by atoms with Gasteiger partial charge in [-0.05, 0) is 24.2 Å². The summed E-state index contributed by atoms with van der Waals surface area (Å²) in [6.45, 7) is 7.95. The first-order valence-corrected chi connectivity index (χ1v) is 6.02. The first-order valence-electron chi connectivity index (χ1n) is 6.02. The fourth-order valence-corrected chi connectivity index (χ4v) is 3.51. The Hall–Kier alpha value is -0.465. The van der Waals surface area contributed by atoms with Gasteiger partial charge in [-0.25, -0.2) is 0 Å². The largest absolute Gasteiger partial charge is 0.346 e. The molecule has 1 saturated heterocycles. The number of rotatable bonds is 0. The van der Waals surface area contributed by atoms with Crippen molar-refractivity contribution in [3.05, 3.63) is 0 Å². The van der Waals surface area contributed by atoms with Crippen molar-refractivity contribution in [2.24, 2.45) is 17.3 Å². The molecular formula is C12H22BNO. The van der Waals surface area contributed by atoms with Crippen LogP contribution >= 0.6 is 0 Å². The lowest BCUT2D eigenvalue weighted by Gasteiger charge is -2.42. The smallest absolute Gasteiger partial charge is 0.225 e. The van der Waals surface area contributed by atoms with Crippen molar-refractivity contribution in [1.29, 1.82) is 0 Å². The molecule has 2 aliphatic rings. The van der Waals surface area contributed by atoms with Gasteiger partial charge in [-0.1, -0.05) is 26.1 Å². The molecule has 2 nitrogen and oxygen atoms in total. The Morgan fingerprint density at radius 2 is 2.00 bits per heavy atom. The average Bonchev–Trinajstić information content (AvgIpc) is 2.29. The van der Waals surface area contributed by atoms with Crippen molar-refractivity contribution in [3.63, 3.8) is 0 Å². The normalized spacial score (nSPS) is 44.3. The van der Waals surface area contributed by atoms with Crippen LogP contribution in [-0.4, -0.2) is 32.2 Å². The summed E-state index contributed by atoms with van der Waals surface area (Å²) in [5, 5.41) is 0.295. The van der Waals surface area contributed by atoms with E-state index in [0.29, 0.717) is 22.6 Å². The van der Waals surface area contributed by atoms with E-state index < -0.39 is 0 Å². The lowest BCUT2D eigenvalue weighted by Crippen LogP contribution is -2.44. The molecule has 15 heavy (non-hydrogen) atoms. The fraction of sp³-hybridized carbons (Fsp3) is 0.917. The molecule has 0 radical (unpaired) electrons. The van der Waals surface area contributed by atoms with Gasteiger partial charge in [-0.3, -0.25) is 4.79 Å². The Morgan fingerprint density at radius 1 is 1.40 bits per heavy atom. The summed E-state index contributed by atoms with van der Waals surface area (Å²) in [5.41, 5.74) is 0.300. The van der Waals surface area contributed by atoms with Crippen LogP contribution in [0.15, 0.2) is 0 Å². The van der Waals surface area contributed by atoms with Crippen LogP contribution in [0.1, 0.15) is 33.6 Å². The molecule has 0 spiro atoms. The van der Waals surface area contributed by atoms with Crippen molar-refractivity contribution in [2.45, 2.75) is 38.9 Å². The number of fused-ring (bicyclic) bond motifs is 1. The van der Waals surface area contributed by atoms with Crippen molar-refractivity contribution in [1.82, 2.24) is 4.90 Å². The summed E-state index contributed by atoms with van der Waals surface area (Å²) >= 11 is 0. The number of likely N-dealkylation sites (tertiary alicyclic amines) is 1. The molecule has 3 unspecified atom stereocenters. The maximum absolute atomic E-state index is 12.1. The number of amides is 1. The van der Waals surface area contributed by atoms with Crippen LogP contribution in [-0.2, 0) is 4.79 Å². The molecule has 3 heteroatoms. The van der Waals surface area contributed by atoms with Crippen LogP contribution in [0.3, 0.4) is 0 Å². The van der Waals surface area contributed by atoms with E-state index >= 15 is 0 Å². The third kappa shape index (κ3) is 1.35. The number of piperidine rings is 1. The highest BCUT2D eigenvalue weighted by molar-refractivity contribution is 6.16. The maximum atomic E-state index is 12.1. The Balaban J connectivity index is 2.33. The van der Waals surface area contributed by atoms with Crippen molar-refractivity contribution < 1.29 is 4.79 Å². The molecule has 2 rings (SSSR count). The van der Waals surface area contributed by atoms with Gasteiger partial charge in [0, 0.05) is 19.5 Å². The van der Waals surface area contributed by atoms with Gasteiger partial charge in [0.05, 0.1) is 0 Å². The summed E-state index contributed by atoms with van der Waals surface area (Å²) in [6, 6.07) is 0. The molecule has 0 aromatic heterocycles. The van der Waals surface area contributed by atoms with Gasteiger partial charge in [-0.2, -0.15) is 0 Å². The standard InChI is InChI=1S/C12H22BNO/c1-11(2)9-5-6-14(4)10(15)8(9)7-12(11,3)13/h8-9H,5-7,13H2,1-4H3. The second-order valence-corrected chi connectivity index (χ2v) is 6.57. The summed E-state index contributed by atoms with van der Waals surface area (Å²) in [4.78, 5) is 14.0. The van der Waals surface area contributed by atoms with Gasteiger partial charge in [-0.15, -0.1) is 0 Å². The lowest BCUT2D eigenvalue weighted by molar-refractivity contribution is -0.139. The van der Waals surface area contributed by atoms with Gasteiger partial charge in [0.15, 0.2) is 0 Å². The van der Waals surface area contributed by atoms with Crippen LogP contribution in [0, 0.1) is 17.3 Å². The highest BCUT2D eigenvalue weighted by Gasteiger charge is 2.57. The summed E-state index contributed by atoms with van der Waals surface area (Å²) in [6.07, 6.45) is 2.25. The third-order valence-electron chi connectivity index (χ3n) is 5.36. The maximum Gasteiger partial charge on any atom is 0.225 e. The van der Waals surface area contributed by atoms with Crippen LogP contribution < -0.4 is 0 Å². The van der Waals surface area contributed by atoms with Crippen LogP contribution in [0.4, 0.5) is 0 Å². The minimum atomic E-state index is 0.286. The second kappa shape index (κ2) is 3.02. The van der Waals surface area contributed by atoms with Gasteiger partial charge >= 0.3 is 0 Å². The van der Waals surface area contributed by atoms with Crippen molar-refractivity contribution in [3.8, 4) is 0 Å². The van der Waals surface area contributed by atoms with Gasteiger partial charge in [0.1, 0.15) is 7.85 Å². The van der Waals surface area contributed by atoms with E-state index in [0.717, 1.165) is 13.0 Å². The molecule has 1 heterocycles. The molecule has 84 valence electrons. The lowest BCUT2D eigenvalue weighted by atomic mass is 9.54. The third-order valence-corrected chi connectivity index (χ3v) is 5.36. The topological polar surface area (TPSA) is 20.3 Å². The molecule has 0 bridgehead atoms. The van der Waals surface area contributed by atoms with E-state index in [1.807, 2.05) is 11.9 Å². The second-order valence-electron chi connectivity index (χ2n) is 6.57. The molecule has 3 atom stereocenters. The van der Waals surface area contributed by atoms with E-state index in [9.17, 15) is 4.79 Å². The predicted octanol–water partition coefficient (Wildman–Crippen LogP) is 1.32. The SMILES string of the molecule is BC1(C)CC2C(=O)N(C)CCC2C1(C)C. The average molecular weight is 207 g/mol. The number of hydrogen-bond donors (Lipinski definition) is 0. The van der Waals surface area contributed by atoms with E-state index in [1.54, 1.807) is 0 Å². The Morgan fingerprint density at radius 3 is 2.60 bits per heavy atom. The molecule has 1 saturated carbocycles. The zero-order valence-corrected chi connectivity index (χ0v) is 10.6. The first kappa shape index (κ1) is 11.0. The fourth-order valence-electron chi connectivity index (χ4n) is 3.51. The number of hydrogen-bond acceptors (Lipinski definition) is 1. The first-order chi connectivity index (χ1) is 6.77. The van der Waals surface area contributed by atoms with Crippen LogP contribution in [0.25, 0.3) is 0 Å². The monoisotopic (exact) mass is 207 g/mol. The number of nitrogens with zero attached hydrogens (tertiary/aromatic N) is 1. The minimum absolute atomic E-state index is 0.286. The zero-order valence-electron chi connectivity index (χ0n) is 10.6. The van der Waals surface area contributed by atoms with E-state index in [2.05, 4.69) is 28.6 Å². The summed E-state index contributed by atoms with van der Waals surface area (Å²) < 4.78 is 0. The van der Waals surface area contributed by atoms with Crippen LogP contribution in [0.2, 0.25) is 5.31 Å². The molecule has 1 amide bonds. The van der Waals surface area contributed by atoms with Gasteiger partial charge < -0.3 is 4.90 Å². The molecule has 1 aliphatic heterocycles. The van der Waals surface area contributed by atoms with Crippen molar-refractivity contribution >= 4 is 13.8 Å². The predicted molar refractivity (Wildman–Crippen MR) is 64.5 cm³/mol. The Kier molecular flexibility index (Phi) is 2.22. The summed E-state index contributed by atoms with van der Waals surface area (Å²) in [7, 11) is 4.26. The zero-order chi connectivity index (χ0) is 11.4. The molecule has 0 N–H and O–H groups in total. The molecule has 0 aromatic carbocycles. The number of carbonyl (C=O) groups excluding carboxylic acids is 1. The molecule has 2 fully saturated rings. The quantitative estimate of drug-likeness (QED) is 0.548. The highest BCUT2D eigenvalue weighted by atomic mass is 16.2. The molecule has 0 aromatic rings. The van der Waals surface area contributed by atoms with Crippen molar-refractivity contribution in [2.75, 3.05) is 13.6 Å². The van der Waals surface area contributed by atoms with Gasteiger partial charge in [0.2, 0.25) is 5.91 Å². The van der Waals surface area contributed by atoms with Gasteiger partial charge in [0.25, 0.3) is 0 Å². The minimum Gasteiger partial charge on any atom is -0.346 e. The van der Waals surface area contributed by atoms with E-state index in [4.69, 9.17) is 0 Å². The summed E-state index contributed by atoms with van der Waals surface area (Å²) in [5.74, 6) is 1.26. The van der Waals surface area contributed by atoms with E-state index in [-0.39, 0.29) is 5.92 Å². The Labute approximate surface area is 93.8 Å². The molecular weight excluding hydrogens is 185 g/mol.